The predicted molar refractivity (Wildman–Crippen MR) is 118 cm³/mol. The van der Waals surface area contributed by atoms with Gasteiger partial charge in [-0.25, -0.2) is 4.79 Å². The van der Waals surface area contributed by atoms with Crippen molar-refractivity contribution in [2.45, 2.75) is 0 Å². The molecule has 0 unspecified atom stereocenters. The number of terminal acetylenes is 2. The van der Waals surface area contributed by atoms with Crippen LogP contribution >= 0.6 is 0 Å². The number of fused-ring (bicyclic) bond motifs is 2. The Morgan fingerprint density at radius 3 is 2.55 bits per heavy atom. The maximum absolute atomic E-state index is 12.7. The van der Waals surface area contributed by atoms with Gasteiger partial charge in [-0.15, -0.1) is 12.8 Å². The molecule has 0 N–H and O–H groups in total. The third kappa shape index (κ3) is 3.85. The highest BCUT2D eigenvalue weighted by molar-refractivity contribution is 6.07. The zero-order valence-corrected chi connectivity index (χ0v) is 16.4. The molecule has 1 aliphatic heterocycles. The molecule has 0 spiro atoms. The number of hydrogen-bond acceptors (Lipinski definition) is 5. The molecular weight excluding hydrogens is 392 g/mol. The van der Waals surface area contributed by atoms with Crippen molar-refractivity contribution in [1.29, 1.82) is 0 Å². The summed E-state index contributed by atoms with van der Waals surface area (Å²) in [6.07, 6.45) is 10.5. The topological polar surface area (TPSA) is 65.7 Å². The smallest absolute Gasteiger partial charge is 0.339 e. The van der Waals surface area contributed by atoms with Gasteiger partial charge in [-0.3, -0.25) is 4.79 Å². The number of ether oxygens (including phenoxy) is 2. The summed E-state index contributed by atoms with van der Waals surface area (Å²) in [5, 5.41) is 0.733. The summed E-state index contributed by atoms with van der Waals surface area (Å²) in [6, 6.07) is 16.9. The first-order valence-corrected chi connectivity index (χ1v) is 9.39. The largest absolute Gasteiger partial charge is 0.481 e. The number of benzene rings is 3. The van der Waals surface area contributed by atoms with Gasteiger partial charge in [0.25, 0.3) is 0 Å². The molecule has 2 aromatic carbocycles. The van der Waals surface area contributed by atoms with Crippen LogP contribution in [0.3, 0.4) is 0 Å². The third-order valence-corrected chi connectivity index (χ3v) is 4.69. The van der Waals surface area contributed by atoms with Crippen LogP contribution in [0.25, 0.3) is 33.4 Å². The Kier molecular flexibility index (Phi) is 5.43. The molecule has 0 fully saturated rings. The lowest BCUT2D eigenvalue weighted by Crippen LogP contribution is -2.08. The summed E-state index contributed by atoms with van der Waals surface area (Å²) in [5.41, 5.74) is 2.68. The van der Waals surface area contributed by atoms with Crippen LogP contribution in [0.1, 0.15) is 10.4 Å². The molecule has 5 heteroatoms. The van der Waals surface area contributed by atoms with Crippen LogP contribution in [0.4, 0.5) is 0 Å². The molecule has 31 heavy (non-hydrogen) atoms. The Bertz CT molecular complexity index is 1400. The van der Waals surface area contributed by atoms with Gasteiger partial charge in [0.05, 0.1) is 5.56 Å². The van der Waals surface area contributed by atoms with E-state index in [-0.39, 0.29) is 18.6 Å². The Morgan fingerprint density at radius 1 is 0.935 bits per heavy atom. The quantitative estimate of drug-likeness (QED) is 0.279. The van der Waals surface area contributed by atoms with E-state index < -0.39 is 5.97 Å². The SMILES string of the molecule is C#CCOC(=O)c1ccccc1-c1c2ccc(=O)cc-2oc2cc(OCC#C)ccc12. The maximum atomic E-state index is 12.7. The second-order valence-electron chi connectivity index (χ2n) is 6.61. The standard InChI is InChI=1S/C26H16O5/c1-3-13-29-18-10-12-22-24(16-18)31-23-15-17(27)9-11-21(23)25(22)19-7-5-6-8-20(19)26(28)30-14-4-2/h1-2,5-12,15-16H,13-14H2. The van der Waals surface area contributed by atoms with E-state index in [9.17, 15) is 9.59 Å². The first-order valence-electron chi connectivity index (χ1n) is 9.39. The van der Waals surface area contributed by atoms with Crippen molar-refractivity contribution >= 4 is 16.9 Å². The van der Waals surface area contributed by atoms with E-state index in [4.69, 9.17) is 26.7 Å². The van der Waals surface area contributed by atoms with Gasteiger partial charge in [0.2, 0.25) is 0 Å². The second-order valence-corrected chi connectivity index (χ2v) is 6.61. The summed E-state index contributed by atoms with van der Waals surface area (Å²) in [5.74, 6) is 5.09. The van der Waals surface area contributed by atoms with Crippen LogP contribution < -0.4 is 10.2 Å². The summed E-state index contributed by atoms with van der Waals surface area (Å²) >= 11 is 0. The van der Waals surface area contributed by atoms with E-state index in [1.54, 1.807) is 30.3 Å². The zero-order chi connectivity index (χ0) is 21.8. The fraction of sp³-hybridized carbons (Fsp3) is 0.0769. The van der Waals surface area contributed by atoms with Gasteiger partial charge in [-0.1, -0.05) is 30.0 Å². The van der Waals surface area contributed by atoms with E-state index in [1.807, 2.05) is 18.2 Å². The predicted octanol–water partition coefficient (Wildman–Crippen LogP) is 4.37. The highest BCUT2D eigenvalue weighted by atomic mass is 16.5. The average molecular weight is 408 g/mol. The lowest BCUT2D eigenvalue weighted by Gasteiger charge is -2.17. The molecule has 1 aliphatic carbocycles. The minimum absolute atomic E-state index is 0.112. The summed E-state index contributed by atoms with van der Waals surface area (Å²) in [4.78, 5) is 24.6. The van der Waals surface area contributed by atoms with Crippen molar-refractivity contribution in [3.63, 3.8) is 0 Å². The van der Waals surface area contributed by atoms with Gasteiger partial charge >= 0.3 is 5.97 Å². The van der Waals surface area contributed by atoms with Gasteiger partial charge in [-0.05, 0) is 35.9 Å². The van der Waals surface area contributed by atoms with Crippen molar-refractivity contribution in [1.82, 2.24) is 0 Å². The normalized spacial score (nSPS) is 10.4. The Labute approximate surface area is 178 Å². The van der Waals surface area contributed by atoms with E-state index in [1.165, 1.54) is 12.1 Å². The van der Waals surface area contributed by atoms with Gasteiger partial charge in [0.1, 0.15) is 23.7 Å². The van der Waals surface area contributed by atoms with Crippen LogP contribution in [-0.2, 0) is 4.74 Å². The molecule has 0 radical (unpaired) electrons. The first kappa shape index (κ1) is 19.8. The number of carbonyl (C=O) groups excluding carboxylic acids is 1. The molecule has 0 saturated carbocycles. The minimum atomic E-state index is -0.537. The monoisotopic (exact) mass is 408 g/mol. The summed E-state index contributed by atoms with van der Waals surface area (Å²) in [7, 11) is 0. The summed E-state index contributed by atoms with van der Waals surface area (Å²) in [6.45, 7) is -0.0191. The molecule has 0 amide bonds. The van der Waals surface area contributed by atoms with Crippen molar-refractivity contribution in [2.75, 3.05) is 13.2 Å². The molecular formula is C26H16O5. The minimum Gasteiger partial charge on any atom is -0.481 e. The molecule has 150 valence electrons. The van der Waals surface area contributed by atoms with Crippen LogP contribution in [-0.4, -0.2) is 19.2 Å². The first-order chi connectivity index (χ1) is 15.1. The molecule has 4 rings (SSSR count). The van der Waals surface area contributed by atoms with Crippen molar-refractivity contribution < 1.29 is 18.7 Å². The van der Waals surface area contributed by atoms with Crippen molar-refractivity contribution in [3.8, 4) is 52.9 Å². The number of esters is 1. The van der Waals surface area contributed by atoms with Crippen molar-refractivity contribution in [2.24, 2.45) is 0 Å². The number of hydrogen-bond donors (Lipinski definition) is 0. The van der Waals surface area contributed by atoms with E-state index in [0.717, 1.165) is 10.9 Å². The van der Waals surface area contributed by atoms with Crippen molar-refractivity contribution in [3.05, 3.63) is 76.5 Å². The fourth-order valence-electron chi connectivity index (χ4n) is 3.42. The molecule has 5 nitrogen and oxygen atoms in total. The molecule has 0 saturated heterocycles. The van der Waals surface area contributed by atoms with Crippen LogP contribution in [0.5, 0.6) is 5.75 Å². The highest BCUT2D eigenvalue weighted by Gasteiger charge is 2.22. The Balaban J connectivity index is 2.01. The van der Waals surface area contributed by atoms with E-state index in [2.05, 4.69) is 11.8 Å². The maximum Gasteiger partial charge on any atom is 0.339 e. The Morgan fingerprint density at radius 2 is 1.74 bits per heavy atom. The molecule has 2 aliphatic rings. The van der Waals surface area contributed by atoms with Gasteiger partial charge in [0.15, 0.2) is 12.0 Å². The lowest BCUT2D eigenvalue weighted by molar-refractivity contribution is 0.0557. The average Bonchev–Trinajstić information content (AvgIpc) is 2.79. The molecule has 1 heterocycles. The van der Waals surface area contributed by atoms with Gasteiger partial charge in [0, 0.05) is 28.6 Å². The second kappa shape index (κ2) is 8.49. The molecule has 0 bridgehead atoms. The van der Waals surface area contributed by atoms with Gasteiger partial charge in [-0.2, -0.15) is 0 Å². The molecule has 2 aromatic rings. The third-order valence-electron chi connectivity index (χ3n) is 4.69. The number of carbonyl (C=O) groups is 1. The van der Waals surface area contributed by atoms with E-state index in [0.29, 0.717) is 33.8 Å². The highest BCUT2D eigenvalue weighted by Crippen LogP contribution is 2.42. The zero-order valence-electron chi connectivity index (χ0n) is 16.4. The fourth-order valence-corrected chi connectivity index (χ4v) is 3.42. The van der Waals surface area contributed by atoms with E-state index >= 15 is 0 Å². The van der Waals surface area contributed by atoms with Crippen LogP contribution in [0.2, 0.25) is 0 Å². The van der Waals surface area contributed by atoms with Gasteiger partial charge < -0.3 is 13.9 Å². The lowest BCUT2D eigenvalue weighted by atomic mass is 9.91. The number of rotatable bonds is 5. The molecule has 0 aromatic heterocycles. The van der Waals surface area contributed by atoms with Crippen LogP contribution in [0.15, 0.2) is 69.9 Å². The Hall–Kier alpha value is -4.48. The molecule has 0 atom stereocenters. The van der Waals surface area contributed by atoms with Crippen LogP contribution in [0, 0.1) is 24.7 Å². The summed E-state index contributed by atoms with van der Waals surface area (Å²) < 4.78 is 16.7.